The molecule has 2 aromatic rings. The molecule has 6 heteroatoms. The number of anilines is 1. The van der Waals surface area contributed by atoms with E-state index in [1.54, 1.807) is 6.07 Å². The molecule has 1 heterocycles. The Morgan fingerprint density at radius 3 is 2.89 bits per heavy atom. The van der Waals surface area contributed by atoms with Gasteiger partial charge in [0.25, 0.3) is 0 Å². The maximum atomic E-state index is 13.3. The minimum Gasteiger partial charge on any atom is -0.311 e. The fraction of sp³-hybridized carbons (Fsp3) is 0.167. The Morgan fingerprint density at radius 1 is 1.33 bits per heavy atom. The molecule has 2 N–H and O–H groups in total. The van der Waals surface area contributed by atoms with Crippen molar-refractivity contribution in [1.29, 1.82) is 0 Å². The van der Waals surface area contributed by atoms with E-state index in [0.29, 0.717) is 5.82 Å². The molecule has 0 atom stereocenters. The van der Waals surface area contributed by atoms with E-state index in [9.17, 15) is 13.6 Å². The number of carbonyl (C=O) groups is 1. The standard InChI is InChI=1S/C12H11F2N3O/c13-9-2-3-10(14)8(7-9)1-4-12(18)16-11-5-6-15-17-11/h2-3,5-7H,1,4H2,(H2,15,16,17,18). The minimum absolute atomic E-state index is 0.0688. The molecule has 1 aromatic carbocycles. The summed E-state index contributed by atoms with van der Waals surface area (Å²) in [6.07, 6.45) is 1.71. The molecule has 0 saturated heterocycles. The van der Waals surface area contributed by atoms with Crippen LogP contribution in [0.5, 0.6) is 0 Å². The molecule has 1 amide bonds. The lowest BCUT2D eigenvalue weighted by atomic mass is 10.1. The number of aromatic amines is 1. The SMILES string of the molecule is O=C(CCc1cc(F)ccc1F)Nc1ccn[nH]1. The molecule has 4 nitrogen and oxygen atoms in total. The van der Waals surface area contributed by atoms with E-state index in [2.05, 4.69) is 15.5 Å². The summed E-state index contributed by atoms with van der Waals surface area (Å²) in [5, 5.41) is 8.79. The topological polar surface area (TPSA) is 57.8 Å². The number of nitrogens with zero attached hydrogens (tertiary/aromatic N) is 1. The number of aromatic nitrogens is 2. The van der Waals surface area contributed by atoms with Crippen molar-refractivity contribution >= 4 is 11.7 Å². The zero-order valence-electron chi connectivity index (χ0n) is 9.41. The largest absolute Gasteiger partial charge is 0.311 e. The first-order valence-electron chi connectivity index (χ1n) is 5.38. The summed E-state index contributed by atoms with van der Waals surface area (Å²) >= 11 is 0. The minimum atomic E-state index is -0.514. The van der Waals surface area contributed by atoms with Crippen LogP contribution >= 0.6 is 0 Å². The van der Waals surface area contributed by atoms with Gasteiger partial charge in [0.15, 0.2) is 0 Å². The van der Waals surface area contributed by atoms with E-state index in [-0.39, 0.29) is 24.3 Å². The molecule has 0 aliphatic carbocycles. The van der Waals surface area contributed by atoms with Crippen LogP contribution in [0.1, 0.15) is 12.0 Å². The van der Waals surface area contributed by atoms with Crippen LogP contribution < -0.4 is 5.32 Å². The van der Waals surface area contributed by atoms with Crippen molar-refractivity contribution < 1.29 is 13.6 Å². The molecule has 2 rings (SSSR count). The lowest BCUT2D eigenvalue weighted by molar-refractivity contribution is -0.116. The smallest absolute Gasteiger partial charge is 0.225 e. The highest BCUT2D eigenvalue weighted by Crippen LogP contribution is 2.12. The van der Waals surface area contributed by atoms with Crippen LogP contribution in [-0.4, -0.2) is 16.1 Å². The van der Waals surface area contributed by atoms with Crippen LogP contribution in [0.15, 0.2) is 30.5 Å². The van der Waals surface area contributed by atoms with Crippen LogP contribution in [0, 0.1) is 11.6 Å². The van der Waals surface area contributed by atoms with Crippen LogP contribution in [0.2, 0.25) is 0 Å². The summed E-state index contributed by atoms with van der Waals surface area (Å²) in [6, 6.07) is 4.79. The van der Waals surface area contributed by atoms with Gasteiger partial charge in [-0.1, -0.05) is 0 Å². The Hall–Kier alpha value is -2.24. The number of halogens is 2. The van der Waals surface area contributed by atoms with Gasteiger partial charge in [-0.05, 0) is 30.2 Å². The van der Waals surface area contributed by atoms with Crippen molar-refractivity contribution in [2.24, 2.45) is 0 Å². The molecule has 18 heavy (non-hydrogen) atoms. The number of nitrogens with one attached hydrogen (secondary N) is 2. The zero-order chi connectivity index (χ0) is 13.0. The number of aryl methyl sites for hydroxylation is 1. The molecule has 0 aliphatic heterocycles. The quantitative estimate of drug-likeness (QED) is 0.875. The Labute approximate surface area is 102 Å². The van der Waals surface area contributed by atoms with Crippen LogP contribution in [0.3, 0.4) is 0 Å². The number of carbonyl (C=O) groups excluding carboxylic acids is 1. The molecular weight excluding hydrogens is 240 g/mol. The van der Waals surface area contributed by atoms with Gasteiger partial charge in [0.2, 0.25) is 5.91 Å². The highest BCUT2D eigenvalue weighted by molar-refractivity contribution is 5.89. The summed E-state index contributed by atoms with van der Waals surface area (Å²) < 4.78 is 26.2. The Balaban J connectivity index is 1.91. The predicted octanol–water partition coefficient (Wildman–Crippen LogP) is 2.26. The third-order valence-corrected chi connectivity index (χ3v) is 2.40. The Kier molecular flexibility index (Phi) is 3.66. The lowest BCUT2D eigenvalue weighted by Crippen LogP contribution is -2.13. The molecule has 1 aromatic heterocycles. The number of amides is 1. The number of rotatable bonds is 4. The van der Waals surface area contributed by atoms with Crippen molar-refractivity contribution in [1.82, 2.24) is 10.2 Å². The van der Waals surface area contributed by atoms with E-state index in [4.69, 9.17) is 0 Å². The molecule has 0 aliphatic rings. The molecule has 0 radical (unpaired) electrons. The van der Waals surface area contributed by atoms with Crippen molar-refractivity contribution in [3.8, 4) is 0 Å². The third kappa shape index (κ3) is 3.13. The van der Waals surface area contributed by atoms with Gasteiger partial charge in [-0.25, -0.2) is 8.78 Å². The number of hydrogen-bond acceptors (Lipinski definition) is 2. The first-order chi connectivity index (χ1) is 8.65. The van der Waals surface area contributed by atoms with Crippen molar-refractivity contribution in [3.63, 3.8) is 0 Å². The fourth-order valence-electron chi connectivity index (χ4n) is 1.52. The van der Waals surface area contributed by atoms with E-state index < -0.39 is 11.6 Å². The maximum absolute atomic E-state index is 13.3. The highest BCUT2D eigenvalue weighted by Gasteiger charge is 2.08. The van der Waals surface area contributed by atoms with Gasteiger partial charge in [0, 0.05) is 12.5 Å². The van der Waals surface area contributed by atoms with Gasteiger partial charge < -0.3 is 5.32 Å². The fourth-order valence-corrected chi connectivity index (χ4v) is 1.52. The average Bonchev–Trinajstić information content (AvgIpc) is 2.83. The van der Waals surface area contributed by atoms with Crippen LogP contribution in [0.4, 0.5) is 14.6 Å². The second-order valence-electron chi connectivity index (χ2n) is 3.75. The predicted molar refractivity (Wildman–Crippen MR) is 61.9 cm³/mol. The molecule has 0 fully saturated rings. The van der Waals surface area contributed by atoms with Gasteiger partial charge >= 0.3 is 0 Å². The molecule has 94 valence electrons. The Bertz CT molecular complexity index is 540. The van der Waals surface area contributed by atoms with Gasteiger partial charge in [-0.15, -0.1) is 0 Å². The van der Waals surface area contributed by atoms with E-state index in [1.807, 2.05) is 0 Å². The molecule has 0 unspecified atom stereocenters. The van der Waals surface area contributed by atoms with Crippen molar-refractivity contribution in [2.75, 3.05) is 5.32 Å². The third-order valence-electron chi connectivity index (χ3n) is 2.40. The summed E-state index contributed by atoms with van der Waals surface area (Å²) in [7, 11) is 0. The van der Waals surface area contributed by atoms with Crippen LogP contribution in [0.25, 0.3) is 0 Å². The normalized spacial score (nSPS) is 10.3. The number of hydrogen-bond donors (Lipinski definition) is 2. The number of H-pyrrole nitrogens is 1. The van der Waals surface area contributed by atoms with Gasteiger partial charge in [-0.3, -0.25) is 9.89 Å². The highest BCUT2D eigenvalue weighted by atomic mass is 19.1. The van der Waals surface area contributed by atoms with Crippen LogP contribution in [-0.2, 0) is 11.2 Å². The molecule has 0 saturated carbocycles. The summed E-state index contributed by atoms with van der Waals surface area (Å²) in [5.41, 5.74) is 0.190. The van der Waals surface area contributed by atoms with Gasteiger partial charge in [-0.2, -0.15) is 5.10 Å². The molecule has 0 bridgehead atoms. The summed E-state index contributed by atoms with van der Waals surface area (Å²) in [6.45, 7) is 0. The second kappa shape index (κ2) is 5.39. The molecular formula is C12H11F2N3O. The van der Waals surface area contributed by atoms with Gasteiger partial charge in [0.1, 0.15) is 17.5 Å². The first-order valence-corrected chi connectivity index (χ1v) is 5.38. The average molecular weight is 251 g/mol. The summed E-state index contributed by atoms with van der Waals surface area (Å²) in [5.74, 6) is -0.839. The second-order valence-corrected chi connectivity index (χ2v) is 3.75. The van der Waals surface area contributed by atoms with Crippen molar-refractivity contribution in [2.45, 2.75) is 12.8 Å². The van der Waals surface area contributed by atoms with E-state index in [0.717, 1.165) is 18.2 Å². The molecule has 0 spiro atoms. The monoisotopic (exact) mass is 251 g/mol. The Morgan fingerprint density at radius 2 is 2.17 bits per heavy atom. The lowest BCUT2D eigenvalue weighted by Gasteiger charge is -2.04. The first kappa shape index (κ1) is 12.2. The van der Waals surface area contributed by atoms with Crippen molar-refractivity contribution in [3.05, 3.63) is 47.7 Å². The summed E-state index contributed by atoms with van der Waals surface area (Å²) in [4.78, 5) is 11.5. The maximum Gasteiger partial charge on any atom is 0.225 e. The van der Waals surface area contributed by atoms with E-state index >= 15 is 0 Å². The van der Waals surface area contributed by atoms with Gasteiger partial charge in [0.05, 0.1) is 6.20 Å². The zero-order valence-corrected chi connectivity index (χ0v) is 9.41. The number of benzene rings is 1. The van der Waals surface area contributed by atoms with E-state index in [1.165, 1.54) is 6.20 Å².